The van der Waals surface area contributed by atoms with E-state index in [0.717, 1.165) is 11.3 Å². The molecule has 0 aliphatic carbocycles. The quantitative estimate of drug-likeness (QED) is 0.526. The molecule has 0 aromatic heterocycles. The highest BCUT2D eigenvalue weighted by Crippen LogP contribution is 2.30. The van der Waals surface area contributed by atoms with E-state index >= 15 is 0 Å². The molecule has 154 valence electrons. The number of carbonyl (C=O) groups excluding carboxylic acids is 1. The van der Waals surface area contributed by atoms with Crippen molar-refractivity contribution in [3.05, 3.63) is 63.7 Å². The molecule has 0 unspecified atom stereocenters. The third kappa shape index (κ3) is 5.03. The van der Waals surface area contributed by atoms with Crippen LogP contribution in [0.3, 0.4) is 0 Å². The predicted molar refractivity (Wildman–Crippen MR) is 110 cm³/mol. The molecule has 2 aromatic carbocycles. The number of nitrogens with zero attached hydrogens (tertiary/aromatic N) is 3. The van der Waals surface area contributed by atoms with Crippen LogP contribution < -0.4 is 9.64 Å². The van der Waals surface area contributed by atoms with Gasteiger partial charge in [-0.05, 0) is 30.7 Å². The molecule has 0 atom stereocenters. The largest absolute Gasteiger partial charge is 0.491 e. The second-order valence-corrected chi connectivity index (χ2v) is 6.90. The molecular formula is C21H25N3O5. The Morgan fingerprint density at radius 3 is 2.66 bits per heavy atom. The zero-order valence-electron chi connectivity index (χ0n) is 16.7. The molecular weight excluding hydrogens is 374 g/mol. The monoisotopic (exact) mass is 399 g/mol. The second kappa shape index (κ2) is 9.38. The molecule has 1 heterocycles. The van der Waals surface area contributed by atoms with E-state index in [0.29, 0.717) is 45.1 Å². The standard InChI is InChI=1S/C21H25N3O5/c1-16-5-3-4-6-20(16)29-14-9-22(2)21(25)17-7-8-18(19(15-17)24(26)27)23-10-12-28-13-11-23/h3-8,15H,9-14H2,1-2H3. The third-order valence-electron chi connectivity index (χ3n) is 4.90. The van der Waals surface area contributed by atoms with Crippen molar-refractivity contribution in [1.29, 1.82) is 0 Å². The second-order valence-electron chi connectivity index (χ2n) is 6.90. The molecule has 1 aliphatic rings. The van der Waals surface area contributed by atoms with E-state index < -0.39 is 4.92 Å². The number of carbonyl (C=O) groups is 1. The third-order valence-corrected chi connectivity index (χ3v) is 4.90. The first-order valence-electron chi connectivity index (χ1n) is 9.52. The Labute approximate surface area is 169 Å². The summed E-state index contributed by atoms with van der Waals surface area (Å²) in [7, 11) is 1.66. The van der Waals surface area contributed by atoms with Crippen molar-refractivity contribution >= 4 is 17.3 Å². The summed E-state index contributed by atoms with van der Waals surface area (Å²) in [5.41, 5.74) is 1.76. The molecule has 0 bridgehead atoms. The van der Waals surface area contributed by atoms with Gasteiger partial charge in [0.2, 0.25) is 0 Å². The number of rotatable bonds is 7. The number of amides is 1. The predicted octanol–water partition coefficient (Wildman–Crippen LogP) is 2.89. The number of likely N-dealkylation sites (N-methyl/N-ethyl adjacent to an activating group) is 1. The zero-order valence-corrected chi connectivity index (χ0v) is 16.7. The van der Waals surface area contributed by atoms with Crippen LogP contribution in [0.5, 0.6) is 5.75 Å². The van der Waals surface area contributed by atoms with Crippen molar-refractivity contribution in [2.45, 2.75) is 6.92 Å². The van der Waals surface area contributed by atoms with Crippen molar-refractivity contribution < 1.29 is 19.2 Å². The van der Waals surface area contributed by atoms with E-state index in [-0.39, 0.29) is 17.2 Å². The minimum absolute atomic E-state index is 0.0673. The van der Waals surface area contributed by atoms with Gasteiger partial charge in [0, 0.05) is 31.8 Å². The van der Waals surface area contributed by atoms with Gasteiger partial charge >= 0.3 is 0 Å². The average Bonchev–Trinajstić information content (AvgIpc) is 2.74. The van der Waals surface area contributed by atoms with Gasteiger partial charge in [0.15, 0.2) is 0 Å². The minimum Gasteiger partial charge on any atom is -0.491 e. The summed E-state index contributed by atoms with van der Waals surface area (Å²) in [4.78, 5) is 27.3. The number of nitro benzene ring substituents is 1. The van der Waals surface area contributed by atoms with Gasteiger partial charge in [-0.25, -0.2) is 0 Å². The van der Waals surface area contributed by atoms with Gasteiger partial charge in [-0.2, -0.15) is 0 Å². The smallest absolute Gasteiger partial charge is 0.293 e. The first-order valence-corrected chi connectivity index (χ1v) is 9.52. The molecule has 0 spiro atoms. The molecule has 8 heteroatoms. The van der Waals surface area contributed by atoms with Gasteiger partial charge < -0.3 is 19.3 Å². The fraction of sp³-hybridized carbons (Fsp3) is 0.381. The van der Waals surface area contributed by atoms with E-state index in [2.05, 4.69) is 0 Å². The van der Waals surface area contributed by atoms with Crippen LogP contribution in [0, 0.1) is 17.0 Å². The molecule has 0 saturated carbocycles. The van der Waals surface area contributed by atoms with Gasteiger partial charge in [0.05, 0.1) is 24.7 Å². The number of anilines is 1. The van der Waals surface area contributed by atoms with Gasteiger partial charge in [0.25, 0.3) is 11.6 Å². The van der Waals surface area contributed by atoms with E-state index in [1.54, 1.807) is 19.2 Å². The molecule has 1 saturated heterocycles. The lowest BCUT2D eigenvalue weighted by molar-refractivity contribution is -0.384. The van der Waals surface area contributed by atoms with Gasteiger partial charge in [-0.15, -0.1) is 0 Å². The van der Waals surface area contributed by atoms with Crippen molar-refractivity contribution in [1.82, 2.24) is 4.90 Å². The molecule has 0 radical (unpaired) electrons. The highest BCUT2D eigenvalue weighted by Gasteiger charge is 2.24. The molecule has 1 fully saturated rings. The van der Waals surface area contributed by atoms with Crippen LogP contribution in [0.15, 0.2) is 42.5 Å². The van der Waals surface area contributed by atoms with Crippen LogP contribution in [0.1, 0.15) is 15.9 Å². The lowest BCUT2D eigenvalue weighted by Crippen LogP contribution is -2.36. The topological polar surface area (TPSA) is 85.2 Å². The fourth-order valence-corrected chi connectivity index (χ4v) is 3.21. The van der Waals surface area contributed by atoms with Crippen LogP contribution in [0.25, 0.3) is 0 Å². The summed E-state index contributed by atoms with van der Waals surface area (Å²) in [6, 6.07) is 12.3. The van der Waals surface area contributed by atoms with Crippen LogP contribution in [0.2, 0.25) is 0 Å². The maximum Gasteiger partial charge on any atom is 0.293 e. The molecule has 29 heavy (non-hydrogen) atoms. The Hall–Kier alpha value is -3.13. The number of aryl methyl sites for hydroxylation is 1. The Morgan fingerprint density at radius 2 is 1.97 bits per heavy atom. The summed E-state index contributed by atoms with van der Waals surface area (Å²) in [5, 5.41) is 11.6. The number of hydrogen-bond acceptors (Lipinski definition) is 6. The van der Waals surface area contributed by atoms with Crippen molar-refractivity contribution in [2.24, 2.45) is 0 Å². The molecule has 8 nitrogen and oxygen atoms in total. The molecule has 1 amide bonds. The van der Waals surface area contributed by atoms with Crippen LogP contribution in [0.4, 0.5) is 11.4 Å². The summed E-state index contributed by atoms with van der Waals surface area (Å²) >= 11 is 0. The van der Waals surface area contributed by atoms with Crippen LogP contribution in [-0.4, -0.2) is 62.2 Å². The number of benzene rings is 2. The maximum absolute atomic E-state index is 12.7. The average molecular weight is 399 g/mol. The number of para-hydroxylation sites is 1. The SMILES string of the molecule is Cc1ccccc1OCCN(C)C(=O)c1ccc(N2CCOCC2)c([N+](=O)[O-])c1. The van der Waals surface area contributed by atoms with E-state index in [9.17, 15) is 14.9 Å². The zero-order chi connectivity index (χ0) is 20.8. The lowest BCUT2D eigenvalue weighted by atomic mass is 10.1. The van der Waals surface area contributed by atoms with E-state index in [1.165, 1.54) is 11.0 Å². The molecule has 0 N–H and O–H groups in total. The van der Waals surface area contributed by atoms with Crippen molar-refractivity contribution in [3.8, 4) is 5.75 Å². The van der Waals surface area contributed by atoms with Gasteiger partial charge in [-0.3, -0.25) is 14.9 Å². The van der Waals surface area contributed by atoms with E-state index in [1.807, 2.05) is 36.1 Å². The normalized spacial score (nSPS) is 13.8. The number of morpholine rings is 1. The summed E-state index contributed by atoms with van der Waals surface area (Å²) in [6.45, 7) is 4.89. The Bertz CT molecular complexity index is 880. The number of hydrogen-bond donors (Lipinski definition) is 0. The summed E-state index contributed by atoms with van der Waals surface area (Å²) in [5.74, 6) is 0.494. The van der Waals surface area contributed by atoms with Gasteiger partial charge in [0.1, 0.15) is 18.0 Å². The Balaban J connectivity index is 1.67. The maximum atomic E-state index is 12.7. The Kier molecular flexibility index (Phi) is 6.66. The molecule has 2 aromatic rings. The van der Waals surface area contributed by atoms with Crippen LogP contribution in [-0.2, 0) is 4.74 Å². The summed E-state index contributed by atoms with van der Waals surface area (Å²) < 4.78 is 11.0. The van der Waals surface area contributed by atoms with Crippen molar-refractivity contribution in [2.75, 3.05) is 51.4 Å². The highest BCUT2D eigenvalue weighted by atomic mass is 16.6. The van der Waals surface area contributed by atoms with Gasteiger partial charge in [-0.1, -0.05) is 18.2 Å². The Morgan fingerprint density at radius 1 is 1.24 bits per heavy atom. The van der Waals surface area contributed by atoms with Crippen molar-refractivity contribution in [3.63, 3.8) is 0 Å². The first kappa shape index (κ1) is 20.6. The minimum atomic E-state index is -0.442. The van der Waals surface area contributed by atoms with E-state index in [4.69, 9.17) is 9.47 Å². The fourth-order valence-electron chi connectivity index (χ4n) is 3.21. The highest BCUT2D eigenvalue weighted by molar-refractivity contribution is 5.95. The summed E-state index contributed by atoms with van der Waals surface area (Å²) in [6.07, 6.45) is 0. The first-order chi connectivity index (χ1) is 14.0. The number of nitro groups is 1. The number of ether oxygens (including phenoxy) is 2. The lowest BCUT2D eigenvalue weighted by Gasteiger charge is -2.28. The molecule has 3 rings (SSSR count). The van der Waals surface area contributed by atoms with Crippen LogP contribution >= 0.6 is 0 Å². The molecule has 1 aliphatic heterocycles.